The van der Waals surface area contributed by atoms with Crippen LogP contribution in [0.5, 0.6) is 11.5 Å². The third-order valence-corrected chi connectivity index (χ3v) is 7.14. The molecule has 0 aliphatic heterocycles. The maximum Gasteiger partial charge on any atom is 0.244 e. The second kappa shape index (κ2) is 13.4. The minimum absolute atomic E-state index is 0.0321. The van der Waals surface area contributed by atoms with Crippen LogP contribution < -0.4 is 19.1 Å². The van der Waals surface area contributed by atoms with Gasteiger partial charge in [-0.25, -0.2) is 8.42 Å². The van der Waals surface area contributed by atoms with E-state index in [2.05, 4.69) is 5.32 Å². The first kappa shape index (κ1) is 29.3. The molecule has 2 aromatic rings. The zero-order chi connectivity index (χ0) is 26.9. The van der Waals surface area contributed by atoms with Crippen LogP contribution in [0.2, 0.25) is 5.02 Å². The molecule has 36 heavy (non-hydrogen) atoms. The molecule has 0 bridgehead atoms. The van der Waals surface area contributed by atoms with Crippen molar-refractivity contribution in [2.24, 2.45) is 0 Å². The predicted octanol–water partition coefficient (Wildman–Crippen LogP) is 3.46. The van der Waals surface area contributed by atoms with E-state index in [1.165, 1.54) is 31.3 Å². The van der Waals surface area contributed by atoms with Crippen molar-refractivity contribution in [2.75, 3.05) is 37.9 Å². The number of ether oxygens (including phenoxy) is 2. The number of carbonyl (C=O) groups is 2. The fraction of sp³-hybridized carbons (Fsp3) is 0.440. The molecule has 0 saturated carbocycles. The molecular formula is C25H34ClN3O6S. The van der Waals surface area contributed by atoms with Crippen molar-refractivity contribution in [2.45, 2.75) is 39.3 Å². The molecule has 198 valence electrons. The third kappa shape index (κ3) is 7.76. The number of hydrogen-bond acceptors (Lipinski definition) is 6. The Hall–Kier alpha value is -2.98. The van der Waals surface area contributed by atoms with Crippen LogP contribution in [0.1, 0.15) is 32.3 Å². The molecule has 0 saturated heterocycles. The van der Waals surface area contributed by atoms with E-state index >= 15 is 0 Å². The van der Waals surface area contributed by atoms with Crippen molar-refractivity contribution in [3.8, 4) is 11.5 Å². The van der Waals surface area contributed by atoms with Gasteiger partial charge in [0.2, 0.25) is 21.8 Å². The minimum Gasteiger partial charge on any atom is -0.493 e. The van der Waals surface area contributed by atoms with E-state index in [0.29, 0.717) is 28.6 Å². The van der Waals surface area contributed by atoms with Gasteiger partial charge in [-0.2, -0.15) is 0 Å². The molecule has 2 amide bonds. The van der Waals surface area contributed by atoms with E-state index in [4.69, 9.17) is 21.1 Å². The highest BCUT2D eigenvalue weighted by molar-refractivity contribution is 7.92. The number of amides is 2. The molecule has 2 rings (SSSR count). The molecular weight excluding hydrogens is 506 g/mol. The average molecular weight is 540 g/mol. The first-order valence-corrected chi connectivity index (χ1v) is 13.8. The molecule has 1 atom stereocenters. The van der Waals surface area contributed by atoms with Crippen molar-refractivity contribution in [1.82, 2.24) is 10.2 Å². The second-order valence-electron chi connectivity index (χ2n) is 8.24. The summed E-state index contributed by atoms with van der Waals surface area (Å²) in [4.78, 5) is 27.8. The monoisotopic (exact) mass is 539 g/mol. The first-order valence-electron chi connectivity index (χ1n) is 11.5. The number of unbranched alkanes of at least 4 members (excludes halogenated alkanes) is 1. The number of methoxy groups -OCH3 is 2. The molecule has 0 aliphatic rings. The van der Waals surface area contributed by atoms with Crippen LogP contribution in [0.15, 0.2) is 42.5 Å². The van der Waals surface area contributed by atoms with Gasteiger partial charge in [-0.1, -0.05) is 43.1 Å². The van der Waals surface area contributed by atoms with Gasteiger partial charge in [-0.3, -0.25) is 13.9 Å². The van der Waals surface area contributed by atoms with Crippen LogP contribution in [0.25, 0.3) is 0 Å². The van der Waals surface area contributed by atoms with Crippen molar-refractivity contribution < 1.29 is 27.5 Å². The smallest absolute Gasteiger partial charge is 0.244 e. The van der Waals surface area contributed by atoms with Crippen LogP contribution in [0, 0.1) is 0 Å². The van der Waals surface area contributed by atoms with Gasteiger partial charge >= 0.3 is 0 Å². The number of nitrogens with zero attached hydrogens (tertiary/aromatic N) is 2. The minimum atomic E-state index is -3.87. The summed E-state index contributed by atoms with van der Waals surface area (Å²) in [5.74, 6) is -0.166. The number of carbonyl (C=O) groups excluding carboxylic acids is 2. The van der Waals surface area contributed by atoms with Crippen molar-refractivity contribution in [3.05, 3.63) is 53.1 Å². The topological polar surface area (TPSA) is 105 Å². The summed E-state index contributed by atoms with van der Waals surface area (Å²) >= 11 is 6.33. The lowest BCUT2D eigenvalue weighted by Gasteiger charge is -2.31. The van der Waals surface area contributed by atoms with Crippen LogP contribution in [-0.2, 0) is 26.2 Å². The molecule has 0 spiro atoms. The number of benzene rings is 2. The molecule has 1 unspecified atom stereocenters. The summed E-state index contributed by atoms with van der Waals surface area (Å²) in [6.45, 7) is 3.61. The van der Waals surface area contributed by atoms with Gasteiger partial charge in [-0.05, 0) is 37.1 Å². The molecule has 9 nitrogen and oxygen atoms in total. The van der Waals surface area contributed by atoms with Gasteiger partial charge in [0.25, 0.3) is 0 Å². The van der Waals surface area contributed by atoms with E-state index in [1.54, 1.807) is 37.3 Å². The Bertz CT molecular complexity index is 1160. The first-order chi connectivity index (χ1) is 17.0. The Balaban J connectivity index is 2.41. The number of nitrogens with one attached hydrogen (secondary N) is 1. The van der Waals surface area contributed by atoms with Gasteiger partial charge in [0.1, 0.15) is 12.6 Å². The highest BCUT2D eigenvalue weighted by Gasteiger charge is 2.30. The summed E-state index contributed by atoms with van der Waals surface area (Å²) in [6, 6.07) is 10.7. The zero-order valence-electron chi connectivity index (χ0n) is 21.3. The summed E-state index contributed by atoms with van der Waals surface area (Å²) in [7, 11) is -0.973. The molecule has 0 fully saturated rings. The van der Waals surface area contributed by atoms with Crippen molar-refractivity contribution in [1.29, 1.82) is 0 Å². The lowest BCUT2D eigenvalue weighted by Crippen LogP contribution is -2.51. The highest BCUT2D eigenvalue weighted by atomic mass is 35.5. The quantitative estimate of drug-likeness (QED) is 0.391. The Morgan fingerprint density at radius 3 is 2.33 bits per heavy atom. The van der Waals surface area contributed by atoms with Crippen LogP contribution >= 0.6 is 11.6 Å². The standard InChI is InChI=1S/C25H34ClN3O6S/c1-6-7-14-27-25(31)18(2)28(16-19-10-8-9-11-21(19)26)24(30)17-29(36(5,32)33)20-12-13-22(34-3)23(15-20)35-4/h8-13,15,18H,6-7,14,16-17H2,1-5H3,(H,27,31). The van der Waals surface area contributed by atoms with E-state index in [-0.39, 0.29) is 18.1 Å². The highest BCUT2D eigenvalue weighted by Crippen LogP contribution is 2.32. The summed E-state index contributed by atoms with van der Waals surface area (Å²) < 4.78 is 36.9. The molecule has 0 aromatic heterocycles. The number of hydrogen-bond donors (Lipinski definition) is 1. The number of rotatable bonds is 13. The second-order valence-corrected chi connectivity index (χ2v) is 10.6. The number of anilines is 1. The van der Waals surface area contributed by atoms with Crippen molar-refractivity contribution >= 4 is 39.1 Å². The zero-order valence-corrected chi connectivity index (χ0v) is 22.9. The summed E-state index contributed by atoms with van der Waals surface area (Å²) in [5.41, 5.74) is 0.860. The van der Waals surface area contributed by atoms with Gasteiger partial charge in [0.05, 0.1) is 26.2 Å². The van der Waals surface area contributed by atoms with Crippen LogP contribution in [-0.4, -0.2) is 64.7 Å². The Labute approximate surface area is 218 Å². The Morgan fingerprint density at radius 2 is 1.75 bits per heavy atom. The van der Waals surface area contributed by atoms with E-state index < -0.39 is 28.5 Å². The Morgan fingerprint density at radius 1 is 1.08 bits per heavy atom. The molecule has 0 radical (unpaired) electrons. The van der Waals surface area contributed by atoms with Gasteiger partial charge in [0.15, 0.2) is 11.5 Å². The van der Waals surface area contributed by atoms with Crippen molar-refractivity contribution in [3.63, 3.8) is 0 Å². The SMILES string of the molecule is CCCCNC(=O)C(C)N(Cc1ccccc1Cl)C(=O)CN(c1ccc(OC)c(OC)c1)S(C)(=O)=O. The summed E-state index contributed by atoms with van der Waals surface area (Å²) in [5, 5.41) is 3.27. The van der Waals surface area contributed by atoms with Crippen LogP contribution in [0.4, 0.5) is 5.69 Å². The van der Waals surface area contributed by atoms with E-state index in [0.717, 1.165) is 23.4 Å². The largest absolute Gasteiger partial charge is 0.493 e. The van der Waals surface area contributed by atoms with E-state index in [9.17, 15) is 18.0 Å². The average Bonchev–Trinajstić information content (AvgIpc) is 2.85. The van der Waals surface area contributed by atoms with Gasteiger partial charge in [-0.15, -0.1) is 0 Å². The maximum absolute atomic E-state index is 13.6. The predicted molar refractivity (Wildman–Crippen MR) is 141 cm³/mol. The Kier molecular flexibility index (Phi) is 10.9. The van der Waals surface area contributed by atoms with E-state index in [1.807, 2.05) is 6.92 Å². The lowest BCUT2D eigenvalue weighted by molar-refractivity contribution is -0.139. The fourth-order valence-corrected chi connectivity index (χ4v) is 4.56. The molecule has 0 aliphatic carbocycles. The molecule has 1 N–H and O–H groups in total. The molecule has 2 aromatic carbocycles. The normalized spacial score (nSPS) is 11.9. The van der Waals surface area contributed by atoms with Gasteiger partial charge < -0.3 is 19.7 Å². The fourth-order valence-electron chi connectivity index (χ4n) is 3.52. The maximum atomic E-state index is 13.6. The number of sulfonamides is 1. The lowest BCUT2D eigenvalue weighted by atomic mass is 10.1. The molecule has 11 heteroatoms. The molecule has 0 heterocycles. The van der Waals surface area contributed by atoms with Crippen LogP contribution in [0.3, 0.4) is 0 Å². The third-order valence-electron chi connectivity index (χ3n) is 5.63. The van der Waals surface area contributed by atoms with Gasteiger partial charge in [0, 0.05) is 24.2 Å². The summed E-state index contributed by atoms with van der Waals surface area (Å²) in [6.07, 6.45) is 2.72. The number of halogens is 1.